The topological polar surface area (TPSA) is 75.7 Å². The van der Waals surface area contributed by atoms with Crippen LogP contribution >= 0.6 is 0 Å². The van der Waals surface area contributed by atoms with Gasteiger partial charge in [-0.25, -0.2) is 8.42 Å². The summed E-state index contributed by atoms with van der Waals surface area (Å²) < 4.78 is 32.6. The predicted octanol–water partition coefficient (Wildman–Crippen LogP) is 3.39. The van der Waals surface area contributed by atoms with Crippen LogP contribution in [-0.2, 0) is 23.1 Å². The van der Waals surface area contributed by atoms with Crippen LogP contribution in [-0.4, -0.2) is 33.2 Å². The number of sulfonamides is 1. The number of carbonyl (C=O) groups excluding carboxylic acids is 1. The van der Waals surface area contributed by atoms with Gasteiger partial charge in [-0.1, -0.05) is 48.5 Å². The van der Waals surface area contributed by atoms with Crippen molar-refractivity contribution in [1.29, 1.82) is 0 Å². The highest BCUT2D eigenvalue weighted by Gasteiger charge is 2.28. The molecule has 0 aliphatic carbocycles. The van der Waals surface area contributed by atoms with E-state index in [1.807, 2.05) is 66.7 Å². The molecule has 160 valence electrons. The summed E-state index contributed by atoms with van der Waals surface area (Å²) in [6.07, 6.45) is 0.710. The number of nitrogens with one attached hydrogen (secondary N) is 1. The first kappa shape index (κ1) is 20.9. The molecule has 1 aliphatic heterocycles. The minimum Gasteiger partial charge on any atom is -0.489 e. The van der Waals surface area contributed by atoms with Crippen LogP contribution in [0.3, 0.4) is 0 Å². The number of hydrogen-bond donors (Lipinski definition) is 1. The molecule has 1 N–H and O–H groups in total. The molecule has 0 spiro atoms. The van der Waals surface area contributed by atoms with E-state index in [0.29, 0.717) is 25.1 Å². The number of para-hydroxylation sites is 2. The van der Waals surface area contributed by atoms with E-state index >= 15 is 0 Å². The molecule has 31 heavy (non-hydrogen) atoms. The number of nitrogens with zero attached hydrogens (tertiary/aromatic N) is 1. The number of amides is 1. The number of benzene rings is 3. The zero-order valence-electron chi connectivity index (χ0n) is 17.0. The number of anilines is 1. The predicted molar refractivity (Wildman–Crippen MR) is 121 cm³/mol. The molecule has 0 unspecified atom stereocenters. The van der Waals surface area contributed by atoms with Crippen molar-refractivity contribution >= 4 is 21.6 Å². The third kappa shape index (κ3) is 5.06. The van der Waals surface area contributed by atoms with Crippen LogP contribution in [0.4, 0.5) is 5.69 Å². The van der Waals surface area contributed by atoms with Gasteiger partial charge in [0, 0.05) is 18.7 Å². The molecule has 1 amide bonds. The number of rotatable bonds is 8. The Morgan fingerprint density at radius 1 is 0.935 bits per heavy atom. The van der Waals surface area contributed by atoms with Crippen molar-refractivity contribution in [1.82, 2.24) is 5.32 Å². The Hall–Kier alpha value is -3.32. The van der Waals surface area contributed by atoms with E-state index in [4.69, 9.17) is 4.74 Å². The molecule has 7 heteroatoms. The van der Waals surface area contributed by atoms with E-state index < -0.39 is 10.0 Å². The summed E-state index contributed by atoms with van der Waals surface area (Å²) >= 11 is 0. The van der Waals surface area contributed by atoms with Crippen LogP contribution in [0.5, 0.6) is 5.75 Å². The van der Waals surface area contributed by atoms with Gasteiger partial charge in [0.2, 0.25) is 10.0 Å². The van der Waals surface area contributed by atoms with Gasteiger partial charge in [0.1, 0.15) is 12.4 Å². The van der Waals surface area contributed by atoms with Gasteiger partial charge < -0.3 is 10.1 Å². The molecule has 0 saturated carbocycles. The second-order valence-electron chi connectivity index (χ2n) is 7.32. The van der Waals surface area contributed by atoms with Crippen LogP contribution in [0.1, 0.15) is 21.5 Å². The Morgan fingerprint density at radius 2 is 1.65 bits per heavy atom. The molecule has 0 radical (unpaired) electrons. The molecule has 0 fully saturated rings. The molecule has 0 bridgehead atoms. The van der Waals surface area contributed by atoms with Gasteiger partial charge >= 0.3 is 0 Å². The maximum atomic E-state index is 12.7. The smallest absolute Gasteiger partial charge is 0.251 e. The summed E-state index contributed by atoms with van der Waals surface area (Å²) in [6.45, 7) is 0.905. The van der Waals surface area contributed by atoms with Crippen LogP contribution < -0.4 is 14.4 Å². The highest BCUT2D eigenvalue weighted by atomic mass is 32.2. The van der Waals surface area contributed by atoms with E-state index in [1.54, 1.807) is 12.1 Å². The van der Waals surface area contributed by atoms with Gasteiger partial charge in [0.15, 0.2) is 0 Å². The summed E-state index contributed by atoms with van der Waals surface area (Å²) in [5.74, 6) is 0.342. The minimum absolute atomic E-state index is 0.0543. The zero-order chi connectivity index (χ0) is 21.7. The van der Waals surface area contributed by atoms with Crippen molar-refractivity contribution in [3.8, 4) is 5.75 Å². The normalized spacial score (nSPS) is 13.0. The van der Waals surface area contributed by atoms with Crippen molar-refractivity contribution in [2.75, 3.05) is 23.1 Å². The molecule has 0 atom stereocenters. The molecule has 3 aromatic carbocycles. The average Bonchev–Trinajstić information content (AvgIpc) is 3.24. The Kier molecular flexibility index (Phi) is 6.23. The monoisotopic (exact) mass is 436 g/mol. The third-order valence-corrected chi connectivity index (χ3v) is 6.96. The summed E-state index contributed by atoms with van der Waals surface area (Å²) in [4.78, 5) is 12.4. The number of fused-ring (bicyclic) bond motifs is 1. The number of hydrogen-bond acceptors (Lipinski definition) is 4. The third-order valence-electron chi connectivity index (χ3n) is 5.19. The fourth-order valence-corrected chi connectivity index (χ4v) is 4.97. The van der Waals surface area contributed by atoms with E-state index in [1.165, 1.54) is 4.31 Å². The lowest BCUT2D eigenvalue weighted by Crippen LogP contribution is -2.37. The van der Waals surface area contributed by atoms with Gasteiger partial charge in [0.05, 0.1) is 11.4 Å². The van der Waals surface area contributed by atoms with E-state index in [0.717, 1.165) is 22.6 Å². The number of carbonyl (C=O) groups is 1. The van der Waals surface area contributed by atoms with E-state index in [9.17, 15) is 13.2 Å². The van der Waals surface area contributed by atoms with Crippen LogP contribution in [0.2, 0.25) is 0 Å². The maximum absolute atomic E-state index is 12.7. The quantitative estimate of drug-likeness (QED) is 0.587. The van der Waals surface area contributed by atoms with Crippen molar-refractivity contribution in [3.05, 3.63) is 95.6 Å². The molecule has 6 nitrogen and oxygen atoms in total. The van der Waals surface area contributed by atoms with Crippen molar-refractivity contribution in [3.63, 3.8) is 0 Å². The molecule has 1 aliphatic rings. The minimum atomic E-state index is -3.49. The van der Waals surface area contributed by atoms with Gasteiger partial charge in [-0.15, -0.1) is 0 Å². The van der Waals surface area contributed by atoms with Gasteiger partial charge in [-0.2, -0.15) is 0 Å². The van der Waals surface area contributed by atoms with Gasteiger partial charge in [-0.3, -0.25) is 9.10 Å². The summed E-state index contributed by atoms with van der Waals surface area (Å²) in [5, 5.41) is 2.70. The first-order valence-electron chi connectivity index (χ1n) is 10.2. The first-order chi connectivity index (χ1) is 15.0. The first-order valence-corrected chi connectivity index (χ1v) is 11.8. The maximum Gasteiger partial charge on any atom is 0.251 e. The molecule has 1 heterocycles. The Labute approximate surface area is 182 Å². The summed E-state index contributed by atoms with van der Waals surface area (Å²) in [5.41, 5.74) is 3.19. The van der Waals surface area contributed by atoms with Crippen molar-refractivity contribution < 1.29 is 17.9 Å². The van der Waals surface area contributed by atoms with Gasteiger partial charge in [0.25, 0.3) is 5.91 Å². The molecule has 3 aromatic rings. The fourth-order valence-electron chi connectivity index (χ4n) is 3.54. The fraction of sp³-hybridized carbons (Fsp3) is 0.208. The molecule has 4 rings (SSSR count). The van der Waals surface area contributed by atoms with E-state index in [2.05, 4.69) is 5.32 Å². The van der Waals surface area contributed by atoms with Crippen molar-refractivity contribution in [2.45, 2.75) is 13.0 Å². The molecule has 0 saturated heterocycles. The second kappa shape index (κ2) is 9.22. The van der Waals surface area contributed by atoms with Crippen LogP contribution in [0.25, 0.3) is 0 Å². The van der Waals surface area contributed by atoms with Crippen LogP contribution in [0, 0.1) is 0 Å². The Bertz CT molecular complexity index is 1150. The van der Waals surface area contributed by atoms with Gasteiger partial charge in [-0.05, 0) is 47.9 Å². The standard InChI is InChI=1S/C24H24N2O4S/c27-24(21-12-10-19(11-13-21)18-30-22-7-2-1-3-8-22)25-15-17-31(28,29)26-16-14-20-6-4-5-9-23(20)26/h1-13H,14-18H2,(H,25,27). The molecular formula is C24H24N2O4S. The molecular weight excluding hydrogens is 412 g/mol. The average molecular weight is 437 g/mol. The zero-order valence-corrected chi connectivity index (χ0v) is 17.8. The highest BCUT2D eigenvalue weighted by molar-refractivity contribution is 7.92. The Morgan fingerprint density at radius 3 is 2.42 bits per heavy atom. The van der Waals surface area contributed by atoms with E-state index in [-0.39, 0.29) is 18.2 Å². The summed E-state index contributed by atoms with van der Waals surface area (Å²) in [6, 6.07) is 24.1. The molecule has 0 aromatic heterocycles. The largest absolute Gasteiger partial charge is 0.489 e. The van der Waals surface area contributed by atoms with Crippen molar-refractivity contribution in [2.24, 2.45) is 0 Å². The highest BCUT2D eigenvalue weighted by Crippen LogP contribution is 2.29. The lowest BCUT2D eigenvalue weighted by Gasteiger charge is -2.19. The summed E-state index contributed by atoms with van der Waals surface area (Å²) in [7, 11) is -3.49. The second-order valence-corrected chi connectivity index (χ2v) is 9.33. The lowest BCUT2D eigenvalue weighted by molar-refractivity contribution is 0.0956. The lowest BCUT2D eigenvalue weighted by atomic mass is 10.1. The van der Waals surface area contributed by atoms with Crippen LogP contribution in [0.15, 0.2) is 78.9 Å². The SMILES string of the molecule is O=C(NCCS(=O)(=O)N1CCc2ccccc21)c1ccc(COc2ccccc2)cc1. The Balaban J connectivity index is 1.28. The number of ether oxygens (including phenoxy) is 1.